The van der Waals surface area contributed by atoms with E-state index in [4.69, 9.17) is 4.74 Å². The van der Waals surface area contributed by atoms with Gasteiger partial charge in [-0.25, -0.2) is 0 Å². The highest BCUT2D eigenvalue weighted by Gasteiger charge is 2.27. The Morgan fingerprint density at radius 1 is 1.54 bits per heavy atom. The highest BCUT2D eigenvalue weighted by molar-refractivity contribution is 6.21. The minimum Gasteiger partial charge on any atom is -0.465 e. The van der Waals surface area contributed by atoms with Gasteiger partial charge in [0.1, 0.15) is 0 Å². The lowest BCUT2D eigenvalue weighted by molar-refractivity contribution is -0.145. The van der Waals surface area contributed by atoms with Gasteiger partial charge in [0.25, 0.3) is 0 Å². The highest BCUT2D eigenvalue weighted by Crippen LogP contribution is 2.29. The summed E-state index contributed by atoms with van der Waals surface area (Å²) in [7, 11) is 0. The Balaban J connectivity index is 2.03. The molecule has 0 aromatic rings. The van der Waals surface area contributed by atoms with Crippen molar-refractivity contribution < 1.29 is 18.3 Å². The summed E-state index contributed by atoms with van der Waals surface area (Å²) in [5.74, 6) is -0.132. The third-order valence-corrected chi connectivity index (χ3v) is 1.98. The lowest BCUT2D eigenvalue weighted by Crippen LogP contribution is -2.12. The predicted molar refractivity (Wildman–Crippen MR) is 43.7 cm³/mol. The van der Waals surface area contributed by atoms with Gasteiger partial charge >= 0.3 is 11.4 Å². The topological polar surface area (TPSA) is 26.3 Å². The molecule has 13 heavy (non-hydrogen) atoms. The van der Waals surface area contributed by atoms with Crippen LogP contribution in [0.25, 0.3) is 0 Å². The molecular formula is C8H11ClF2O2. The Morgan fingerprint density at radius 2 is 2.15 bits per heavy atom. The molecule has 0 bridgehead atoms. The van der Waals surface area contributed by atoms with Crippen LogP contribution in [0.1, 0.15) is 25.7 Å². The van der Waals surface area contributed by atoms with Gasteiger partial charge in [0.2, 0.25) is 0 Å². The summed E-state index contributed by atoms with van der Waals surface area (Å²) in [6.45, 7) is 0.368. The molecule has 0 amide bonds. The number of rotatable bonds is 5. The molecule has 0 spiro atoms. The average Bonchev–Trinajstić information content (AvgIpc) is 2.78. The fourth-order valence-electron chi connectivity index (χ4n) is 0.811. The summed E-state index contributed by atoms with van der Waals surface area (Å²) >= 11 is 4.61. The third kappa shape index (κ3) is 5.80. The van der Waals surface area contributed by atoms with Gasteiger partial charge in [-0.2, -0.15) is 8.78 Å². The van der Waals surface area contributed by atoms with Crippen molar-refractivity contribution in [3.8, 4) is 0 Å². The van der Waals surface area contributed by atoms with Gasteiger partial charge in [-0.3, -0.25) is 4.79 Å². The molecule has 0 unspecified atom stereocenters. The van der Waals surface area contributed by atoms with Gasteiger partial charge < -0.3 is 4.74 Å². The molecule has 1 fully saturated rings. The van der Waals surface area contributed by atoms with Crippen LogP contribution in [0.15, 0.2) is 0 Å². The third-order valence-electron chi connectivity index (χ3n) is 1.79. The summed E-state index contributed by atoms with van der Waals surface area (Å²) < 4.78 is 28.8. The normalized spacial score (nSPS) is 17.2. The lowest BCUT2D eigenvalue weighted by atomic mass is 10.3. The van der Waals surface area contributed by atoms with Crippen LogP contribution in [0.4, 0.5) is 8.78 Å². The van der Waals surface area contributed by atoms with Crippen LogP contribution >= 0.6 is 11.6 Å². The first-order valence-corrected chi connectivity index (χ1v) is 4.57. The molecule has 0 heterocycles. The molecule has 0 aromatic heterocycles. The van der Waals surface area contributed by atoms with E-state index >= 15 is 0 Å². The Bertz CT molecular complexity index is 187. The van der Waals surface area contributed by atoms with Crippen LogP contribution in [0.2, 0.25) is 0 Å². The number of carbonyl (C=O) groups is 1. The molecule has 76 valence electrons. The molecule has 0 N–H and O–H groups in total. The minimum absolute atomic E-state index is 0.316. The van der Waals surface area contributed by atoms with Crippen LogP contribution in [0, 0.1) is 5.92 Å². The highest BCUT2D eigenvalue weighted by atomic mass is 35.5. The monoisotopic (exact) mass is 212 g/mol. The van der Waals surface area contributed by atoms with Crippen LogP contribution in [-0.2, 0) is 9.53 Å². The number of esters is 1. The smallest absolute Gasteiger partial charge is 0.322 e. The zero-order valence-corrected chi connectivity index (χ0v) is 7.82. The van der Waals surface area contributed by atoms with E-state index in [9.17, 15) is 13.6 Å². The summed E-state index contributed by atoms with van der Waals surface area (Å²) in [6, 6.07) is 0. The van der Waals surface area contributed by atoms with E-state index in [1.54, 1.807) is 0 Å². The summed E-state index contributed by atoms with van der Waals surface area (Å²) in [6.07, 6.45) is 1.17. The fourth-order valence-corrected chi connectivity index (χ4v) is 0.906. The summed E-state index contributed by atoms with van der Waals surface area (Å²) in [5.41, 5.74) is 0. The van der Waals surface area contributed by atoms with Gasteiger partial charge in [-0.05, 0) is 30.4 Å². The van der Waals surface area contributed by atoms with Crippen molar-refractivity contribution in [3.63, 3.8) is 0 Å². The van der Waals surface area contributed by atoms with E-state index in [1.165, 1.54) is 0 Å². The van der Waals surface area contributed by atoms with E-state index in [0.29, 0.717) is 12.5 Å². The van der Waals surface area contributed by atoms with E-state index in [1.807, 2.05) is 0 Å². The molecule has 1 saturated carbocycles. The molecule has 1 aliphatic rings. The van der Waals surface area contributed by atoms with Crippen LogP contribution in [-0.4, -0.2) is 18.0 Å². The molecule has 0 saturated heterocycles. The number of hydrogen-bond donors (Lipinski definition) is 0. The predicted octanol–water partition coefficient (Wildman–Crippen LogP) is 2.55. The molecule has 5 heteroatoms. The molecule has 2 nitrogen and oxygen atoms in total. The second-order valence-electron chi connectivity index (χ2n) is 3.24. The van der Waals surface area contributed by atoms with Gasteiger partial charge in [0.15, 0.2) is 0 Å². The minimum atomic E-state index is -3.29. The number of halogens is 3. The number of alkyl halides is 3. The second kappa shape index (κ2) is 4.22. The van der Waals surface area contributed by atoms with Crippen molar-refractivity contribution in [3.05, 3.63) is 0 Å². The van der Waals surface area contributed by atoms with Gasteiger partial charge in [-0.15, -0.1) is 0 Å². The Kier molecular flexibility index (Phi) is 3.47. The molecular weight excluding hydrogens is 202 g/mol. The standard InChI is InChI=1S/C8H11ClF2O2/c9-8(10,11)4-3-7(12)13-5-6-1-2-6/h6H,1-5H2. The zero-order chi connectivity index (χ0) is 9.90. The molecule has 0 aromatic carbocycles. The fraction of sp³-hybridized carbons (Fsp3) is 0.875. The second-order valence-corrected chi connectivity index (χ2v) is 3.79. The lowest BCUT2D eigenvalue weighted by Gasteiger charge is -2.07. The van der Waals surface area contributed by atoms with E-state index in [0.717, 1.165) is 12.8 Å². The van der Waals surface area contributed by atoms with Crippen molar-refractivity contribution in [2.75, 3.05) is 6.61 Å². The van der Waals surface area contributed by atoms with Crippen LogP contribution in [0.5, 0.6) is 0 Å². The van der Waals surface area contributed by atoms with E-state index < -0.39 is 17.8 Å². The van der Waals surface area contributed by atoms with Crippen LogP contribution in [0.3, 0.4) is 0 Å². The first-order valence-electron chi connectivity index (χ1n) is 4.20. The maximum atomic E-state index is 12.1. The first kappa shape index (κ1) is 10.7. The molecule has 1 aliphatic carbocycles. The van der Waals surface area contributed by atoms with Crippen molar-refractivity contribution in [2.45, 2.75) is 31.1 Å². The van der Waals surface area contributed by atoms with Gasteiger partial charge in [-0.1, -0.05) is 0 Å². The average molecular weight is 213 g/mol. The van der Waals surface area contributed by atoms with E-state index in [-0.39, 0.29) is 6.42 Å². The van der Waals surface area contributed by atoms with Crippen molar-refractivity contribution >= 4 is 17.6 Å². The molecule has 0 radical (unpaired) electrons. The van der Waals surface area contributed by atoms with E-state index in [2.05, 4.69) is 11.6 Å². The van der Waals surface area contributed by atoms with Crippen LogP contribution < -0.4 is 0 Å². The number of carbonyl (C=O) groups excluding carboxylic acids is 1. The Morgan fingerprint density at radius 3 is 2.62 bits per heavy atom. The first-order chi connectivity index (χ1) is 5.97. The molecule has 0 atom stereocenters. The zero-order valence-electron chi connectivity index (χ0n) is 7.06. The Labute approximate surface area is 80.2 Å². The summed E-state index contributed by atoms with van der Waals surface area (Å²) in [4.78, 5) is 10.8. The molecule has 0 aliphatic heterocycles. The van der Waals surface area contributed by atoms with Gasteiger partial charge in [0, 0.05) is 6.42 Å². The SMILES string of the molecule is O=C(CCC(F)(F)Cl)OCC1CC1. The Hall–Kier alpha value is -0.380. The van der Waals surface area contributed by atoms with Crippen molar-refractivity contribution in [2.24, 2.45) is 5.92 Å². The maximum Gasteiger partial charge on any atom is 0.322 e. The van der Waals surface area contributed by atoms with Crippen molar-refractivity contribution in [1.82, 2.24) is 0 Å². The maximum absolute atomic E-state index is 12.1. The largest absolute Gasteiger partial charge is 0.465 e. The number of hydrogen-bond acceptors (Lipinski definition) is 2. The van der Waals surface area contributed by atoms with Crippen molar-refractivity contribution in [1.29, 1.82) is 0 Å². The summed E-state index contributed by atoms with van der Waals surface area (Å²) in [5, 5.41) is -3.29. The quantitative estimate of drug-likeness (QED) is 0.517. The number of ether oxygens (including phenoxy) is 1. The molecule has 1 rings (SSSR count). The van der Waals surface area contributed by atoms with Gasteiger partial charge in [0.05, 0.1) is 13.0 Å².